The van der Waals surface area contributed by atoms with Crippen LogP contribution in [-0.2, 0) is 19.1 Å². The van der Waals surface area contributed by atoms with Crippen molar-refractivity contribution in [2.24, 2.45) is 5.41 Å². The van der Waals surface area contributed by atoms with Crippen LogP contribution < -0.4 is 0 Å². The maximum absolute atomic E-state index is 13.7. The second-order valence-electron chi connectivity index (χ2n) is 7.95. The Hall–Kier alpha value is -3.14. The van der Waals surface area contributed by atoms with Gasteiger partial charge in [-0.1, -0.05) is 87.5 Å². The molecule has 1 heterocycles. The quantitative estimate of drug-likeness (QED) is 0.529. The average molecular weight is 390 g/mol. The van der Waals surface area contributed by atoms with Gasteiger partial charge in [-0.2, -0.15) is 0 Å². The van der Waals surface area contributed by atoms with Crippen LogP contribution in [0.2, 0.25) is 0 Å². The SMILES string of the molecule is CCOC(=O)C1=C(c2ccccc2)OC(/C=C/c2ccccc2)(C(C)(C)C)C1=O. The van der Waals surface area contributed by atoms with Crippen molar-refractivity contribution in [2.75, 3.05) is 6.61 Å². The van der Waals surface area contributed by atoms with Crippen LogP contribution in [-0.4, -0.2) is 24.0 Å². The molecule has 29 heavy (non-hydrogen) atoms. The smallest absolute Gasteiger partial charge is 0.345 e. The van der Waals surface area contributed by atoms with Crippen molar-refractivity contribution in [3.05, 3.63) is 83.4 Å². The highest BCUT2D eigenvalue weighted by atomic mass is 16.5. The number of esters is 1. The highest BCUT2D eigenvalue weighted by molar-refractivity contribution is 6.28. The molecule has 0 bridgehead atoms. The van der Waals surface area contributed by atoms with E-state index in [1.165, 1.54) is 0 Å². The van der Waals surface area contributed by atoms with E-state index >= 15 is 0 Å². The lowest BCUT2D eigenvalue weighted by molar-refractivity contribution is -0.142. The summed E-state index contributed by atoms with van der Waals surface area (Å²) in [6, 6.07) is 18.9. The molecule has 0 fully saturated rings. The standard InChI is InChI=1S/C25H26O4/c1-5-28-23(27)20-21(19-14-10-7-11-15-19)29-25(22(20)26,24(2,3)4)17-16-18-12-8-6-9-13-18/h6-17H,5H2,1-4H3/b17-16+. The molecule has 3 rings (SSSR count). The summed E-state index contributed by atoms with van der Waals surface area (Å²) < 4.78 is 11.6. The van der Waals surface area contributed by atoms with Crippen molar-refractivity contribution in [3.8, 4) is 0 Å². The van der Waals surface area contributed by atoms with Gasteiger partial charge in [0.1, 0.15) is 11.3 Å². The number of ketones is 1. The number of hydrogen-bond acceptors (Lipinski definition) is 4. The van der Waals surface area contributed by atoms with Crippen LogP contribution in [0.4, 0.5) is 0 Å². The van der Waals surface area contributed by atoms with Gasteiger partial charge in [0.2, 0.25) is 5.78 Å². The largest absolute Gasteiger partial charge is 0.473 e. The Balaban J connectivity index is 2.14. The first-order valence-electron chi connectivity index (χ1n) is 9.75. The Bertz CT molecular complexity index is 949. The van der Waals surface area contributed by atoms with Gasteiger partial charge in [-0.15, -0.1) is 0 Å². The molecule has 1 aliphatic heterocycles. The first-order chi connectivity index (χ1) is 13.8. The predicted octanol–water partition coefficient (Wildman–Crippen LogP) is 5.06. The van der Waals surface area contributed by atoms with E-state index in [2.05, 4.69) is 0 Å². The molecular formula is C25H26O4. The summed E-state index contributed by atoms with van der Waals surface area (Å²) in [6.45, 7) is 7.68. The van der Waals surface area contributed by atoms with Gasteiger partial charge in [0.05, 0.1) is 6.61 Å². The minimum Gasteiger partial charge on any atom is -0.473 e. The Morgan fingerprint density at radius 3 is 2.17 bits per heavy atom. The number of carbonyl (C=O) groups is 2. The monoisotopic (exact) mass is 390 g/mol. The summed E-state index contributed by atoms with van der Waals surface area (Å²) in [5.74, 6) is -0.772. The first-order valence-corrected chi connectivity index (χ1v) is 9.75. The van der Waals surface area contributed by atoms with Gasteiger partial charge in [-0.3, -0.25) is 4.79 Å². The number of ether oxygens (including phenoxy) is 2. The molecule has 0 spiro atoms. The van der Waals surface area contributed by atoms with Gasteiger partial charge in [0, 0.05) is 11.0 Å². The highest BCUT2D eigenvalue weighted by Gasteiger charge is 2.57. The summed E-state index contributed by atoms with van der Waals surface area (Å²) in [5.41, 5.74) is -0.355. The first kappa shape index (κ1) is 20.6. The molecule has 1 atom stereocenters. The second-order valence-corrected chi connectivity index (χ2v) is 7.95. The number of hydrogen-bond donors (Lipinski definition) is 0. The molecule has 0 amide bonds. The summed E-state index contributed by atoms with van der Waals surface area (Å²) in [5, 5.41) is 0. The van der Waals surface area contributed by atoms with Gasteiger partial charge in [-0.25, -0.2) is 4.79 Å². The zero-order chi connectivity index (χ0) is 21.1. The van der Waals surface area contributed by atoms with E-state index in [0.717, 1.165) is 5.56 Å². The fourth-order valence-corrected chi connectivity index (χ4v) is 3.36. The molecule has 150 valence electrons. The van der Waals surface area contributed by atoms with Gasteiger partial charge < -0.3 is 9.47 Å². The molecule has 0 saturated carbocycles. The summed E-state index contributed by atoms with van der Waals surface area (Å²) in [7, 11) is 0. The molecule has 1 aliphatic rings. The van der Waals surface area contributed by atoms with Crippen molar-refractivity contribution in [3.63, 3.8) is 0 Å². The van der Waals surface area contributed by atoms with Crippen LogP contribution >= 0.6 is 0 Å². The van der Waals surface area contributed by atoms with Gasteiger partial charge >= 0.3 is 5.97 Å². The third kappa shape index (κ3) is 3.88. The van der Waals surface area contributed by atoms with Crippen molar-refractivity contribution in [1.82, 2.24) is 0 Å². The summed E-state index contributed by atoms with van der Waals surface area (Å²) >= 11 is 0. The van der Waals surface area contributed by atoms with Crippen LogP contribution in [0.5, 0.6) is 0 Å². The number of Topliss-reactive ketones (excluding diaryl/α,β-unsaturated/α-hetero) is 1. The fourth-order valence-electron chi connectivity index (χ4n) is 3.36. The van der Waals surface area contributed by atoms with Gasteiger partial charge in [0.25, 0.3) is 0 Å². The van der Waals surface area contributed by atoms with E-state index in [4.69, 9.17) is 9.47 Å². The average Bonchev–Trinajstić information content (AvgIpc) is 3.01. The van der Waals surface area contributed by atoms with E-state index in [9.17, 15) is 9.59 Å². The predicted molar refractivity (Wildman–Crippen MR) is 114 cm³/mol. The van der Waals surface area contributed by atoms with Crippen molar-refractivity contribution in [1.29, 1.82) is 0 Å². The minimum atomic E-state index is -1.32. The molecular weight excluding hydrogens is 364 g/mol. The van der Waals surface area contributed by atoms with Gasteiger partial charge in [-0.05, 0) is 18.6 Å². The van der Waals surface area contributed by atoms with Crippen LogP contribution in [0.15, 0.2) is 72.3 Å². The van der Waals surface area contributed by atoms with Crippen LogP contribution in [0.1, 0.15) is 38.8 Å². The Morgan fingerprint density at radius 1 is 1.03 bits per heavy atom. The van der Waals surface area contributed by atoms with E-state index in [1.54, 1.807) is 13.0 Å². The maximum atomic E-state index is 13.7. The number of carbonyl (C=O) groups excluding carboxylic acids is 2. The normalized spacial score (nSPS) is 19.5. The third-order valence-corrected chi connectivity index (χ3v) is 4.99. The Kier molecular flexibility index (Phi) is 5.73. The summed E-state index contributed by atoms with van der Waals surface area (Å²) in [6.07, 6.45) is 3.62. The Labute approximate surface area is 171 Å². The highest BCUT2D eigenvalue weighted by Crippen LogP contribution is 2.47. The van der Waals surface area contributed by atoms with Crippen LogP contribution in [0.3, 0.4) is 0 Å². The van der Waals surface area contributed by atoms with Gasteiger partial charge in [0.15, 0.2) is 5.60 Å². The van der Waals surface area contributed by atoms with E-state index in [1.807, 2.05) is 87.5 Å². The van der Waals surface area contributed by atoms with E-state index in [0.29, 0.717) is 5.56 Å². The molecule has 2 aromatic carbocycles. The molecule has 0 aliphatic carbocycles. The molecule has 2 aromatic rings. The van der Waals surface area contributed by atoms with Crippen LogP contribution in [0.25, 0.3) is 11.8 Å². The van der Waals surface area contributed by atoms with Crippen molar-refractivity contribution < 1.29 is 19.1 Å². The second kappa shape index (κ2) is 8.08. The van der Waals surface area contributed by atoms with Crippen molar-refractivity contribution >= 4 is 23.6 Å². The maximum Gasteiger partial charge on any atom is 0.345 e. The molecule has 0 aromatic heterocycles. The lowest BCUT2D eigenvalue weighted by Crippen LogP contribution is -2.48. The molecule has 4 heteroatoms. The molecule has 4 nitrogen and oxygen atoms in total. The van der Waals surface area contributed by atoms with Crippen molar-refractivity contribution in [2.45, 2.75) is 33.3 Å². The molecule has 0 radical (unpaired) electrons. The third-order valence-electron chi connectivity index (χ3n) is 4.99. The number of rotatable bonds is 5. The lowest BCUT2D eigenvalue weighted by atomic mass is 9.72. The zero-order valence-corrected chi connectivity index (χ0v) is 17.3. The topological polar surface area (TPSA) is 52.6 Å². The zero-order valence-electron chi connectivity index (χ0n) is 17.3. The lowest BCUT2D eigenvalue weighted by Gasteiger charge is -2.37. The summed E-state index contributed by atoms with van der Waals surface area (Å²) in [4.78, 5) is 26.4. The van der Waals surface area contributed by atoms with E-state index in [-0.39, 0.29) is 23.7 Å². The van der Waals surface area contributed by atoms with E-state index < -0.39 is 17.0 Å². The minimum absolute atomic E-state index is 0.0364. The molecule has 0 N–H and O–H groups in total. The molecule has 0 saturated heterocycles. The Morgan fingerprint density at radius 2 is 1.62 bits per heavy atom. The van der Waals surface area contributed by atoms with Crippen LogP contribution in [0, 0.1) is 5.41 Å². The fraction of sp³-hybridized carbons (Fsp3) is 0.280. The number of benzene rings is 2. The molecule has 1 unspecified atom stereocenters.